The summed E-state index contributed by atoms with van der Waals surface area (Å²) in [6, 6.07) is 10.8. The van der Waals surface area contributed by atoms with Crippen molar-refractivity contribution in [1.29, 1.82) is 0 Å². The smallest absolute Gasteiger partial charge is 0.119 e. The first-order valence-corrected chi connectivity index (χ1v) is 8.34. The molecule has 0 radical (unpaired) electrons. The van der Waals surface area contributed by atoms with Crippen molar-refractivity contribution in [1.82, 2.24) is 19.6 Å². The lowest BCUT2D eigenvalue weighted by atomic mass is 10.1. The van der Waals surface area contributed by atoms with Gasteiger partial charge in [0, 0.05) is 51.2 Å². The standard InChI is InChI=1S/C18H26N4O/c1-16(17-5-3-6-18(15-17)23-2)21-12-9-20(10-13-21)11-14-22-8-4-7-19-22/h3-8,15-16H,9-14H2,1-2H3/t16-/m1/s1. The Labute approximate surface area is 138 Å². The van der Waals surface area contributed by atoms with Crippen molar-refractivity contribution < 1.29 is 4.74 Å². The average molecular weight is 314 g/mol. The highest BCUT2D eigenvalue weighted by Gasteiger charge is 2.22. The van der Waals surface area contributed by atoms with E-state index < -0.39 is 0 Å². The van der Waals surface area contributed by atoms with Gasteiger partial charge >= 0.3 is 0 Å². The van der Waals surface area contributed by atoms with Crippen LogP contribution in [-0.2, 0) is 6.54 Å². The second kappa shape index (κ2) is 7.62. The summed E-state index contributed by atoms with van der Waals surface area (Å²) in [6.07, 6.45) is 3.87. The predicted octanol–water partition coefficient (Wildman–Crippen LogP) is 2.27. The Balaban J connectivity index is 1.49. The van der Waals surface area contributed by atoms with Crippen molar-refractivity contribution in [2.24, 2.45) is 0 Å². The Morgan fingerprint density at radius 1 is 1.13 bits per heavy atom. The van der Waals surface area contributed by atoms with Crippen LogP contribution < -0.4 is 4.74 Å². The highest BCUT2D eigenvalue weighted by Crippen LogP contribution is 2.24. The van der Waals surface area contributed by atoms with Gasteiger partial charge in [-0.05, 0) is 30.7 Å². The van der Waals surface area contributed by atoms with Crippen molar-refractivity contribution in [3.05, 3.63) is 48.3 Å². The molecule has 23 heavy (non-hydrogen) atoms. The summed E-state index contributed by atoms with van der Waals surface area (Å²) in [5.41, 5.74) is 1.33. The predicted molar refractivity (Wildman–Crippen MR) is 91.6 cm³/mol. The fraction of sp³-hybridized carbons (Fsp3) is 0.500. The SMILES string of the molecule is COc1cccc([C@@H](C)N2CCN(CCn3cccn3)CC2)c1. The summed E-state index contributed by atoms with van der Waals surface area (Å²) < 4.78 is 7.35. The topological polar surface area (TPSA) is 33.5 Å². The minimum Gasteiger partial charge on any atom is -0.497 e. The van der Waals surface area contributed by atoms with Gasteiger partial charge in [-0.3, -0.25) is 14.5 Å². The summed E-state index contributed by atoms with van der Waals surface area (Å²) in [7, 11) is 1.72. The van der Waals surface area contributed by atoms with Crippen molar-refractivity contribution in [2.45, 2.75) is 19.5 Å². The van der Waals surface area contributed by atoms with Gasteiger partial charge in [0.15, 0.2) is 0 Å². The fourth-order valence-corrected chi connectivity index (χ4v) is 3.16. The monoisotopic (exact) mass is 314 g/mol. The van der Waals surface area contributed by atoms with Crippen LogP contribution in [0, 0.1) is 0 Å². The van der Waals surface area contributed by atoms with E-state index in [0.717, 1.165) is 45.0 Å². The van der Waals surface area contributed by atoms with Gasteiger partial charge in [0.25, 0.3) is 0 Å². The Morgan fingerprint density at radius 3 is 2.65 bits per heavy atom. The van der Waals surface area contributed by atoms with E-state index in [2.05, 4.69) is 40.0 Å². The maximum absolute atomic E-state index is 5.34. The number of rotatable bonds is 6. The molecule has 0 aliphatic carbocycles. The molecule has 1 aromatic carbocycles. The zero-order valence-electron chi connectivity index (χ0n) is 14.1. The molecule has 3 rings (SSSR count). The first-order valence-electron chi connectivity index (χ1n) is 8.34. The maximum Gasteiger partial charge on any atom is 0.119 e. The molecule has 1 aliphatic rings. The lowest BCUT2D eigenvalue weighted by molar-refractivity contribution is 0.0991. The lowest BCUT2D eigenvalue weighted by Crippen LogP contribution is -2.47. The Bertz CT molecular complexity index is 591. The minimum absolute atomic E-state index is 0.429. The van der Waals surface area contributed by atoms with Crippen LogP contribution in [0.4, 0.5) is 0 Å². The molecule has 1 saturated heterocycles. The van der Waals surface area contributed by atoms with Gasteiger partial charge in [0.05, 0.1) is 13.7 Å². The third kappa shape index (κ3) is 4.12. The third-order valence-electron chi connectivity index (χ3n) is 4.74. The van der Waals surface area contributed by atoms with Crippen molar-refractivity contribution in [2.75, 3.05) is 39.8 Å². The van der Waals surface area contributed by atoms with E-state index in [1.54, 1.807) is 7.11 Å². The quantitative estimate of drug-likeness (QED) is 0.819. The van der Waals surface area contributed by atoms with Gasteiger partial charge in [-0.2, -0.15) is 5.10 Å². The normalized spacial score (nSPS) is 18.0. The van der Waals surface area contributed by atoms with E-state index in [9.17, 15) is 0 Å². The highest BCUT2D eigenvalue weighted by molar-refractivity contribution is 5.30. The number of aromatic nitrogens is 2. The molecular formula is C18H26N4O. The molecule has 0 unspecified atom stereocenters. The molecule has 0 bridgehead atoms. The largest absolute Gasteiger partial charge is 0.497 e. The van der Waals surface area contributed by atoms with Crippen LogP contribution in [0.1, 0.15) is 18.5 Å². The Kier molecular flexibility index (Phi) is 5.31. The molecule has 1 fully saturated rings. The van der Waals surface area contributed by atoms with Crippen LogP contribution >= 0.6 is 0 Å². The van der Waals surface area contributed by atoms with Gasteiger partial charge in [0.2, 0.25) is 0 Å². The second-order valence-electron chi connectivity index (χ2n) is 6.10. The number of benzene rings is 1. The number of hydrogen-bond acceptors (Lipinski definition) is 4. The number of ether oxygens (including phenoxy) is 1. The zero-order valence-corrected chi connectivity index (χ0v) is 14.1. The molecule has 5 heteroatoms. The van der Waals surface area contributed by atoms with Gasteiger partial charge < -0.3 is 4.74 Å². The summed E-state index contributed by atoms with van der Waals surface area (Å²) in [4.78, 5) is 5.08. The molecule has 1 aliphatic heterocycles. The fourth-order valence-electron chi connectivity index (χ4n) is 3.16. The molecule has 0 saturated carbocycles. The van der Waals surface area contributed by atoms with Crippen molar-refractivity contribution >= 4 is 0 Å². The summed E-state index contributed by atoms with van der Waals surface area (Å²) in [5.74, 6) is 0.937. The van der Waals surface area contributed by atoms with E-state index in [4.69, 9.17) is 4.74 Å². The second-order valence-corrected chi connectivity index (χ2v) is 6.10. The van der Waals surface area contributed by atoms with E-state index >= 15 is 0 Å². The molecule has 1 aromatic heterocycles. The number of nitrogens with zero attached hydrogens (tertiary/aromatic N) is 4. The first-order chi connectivity index (χ1) is 11.3. The van der Waals surface area contributed by atoms with E-state index in [-0.39, 0.29) is 0 Å². The molecule has 124 valence electrons. The summed E-state index contributed by atoms with van der Waals surface area (Å²) in [5, 5.41) is 4.27. The third-order valence-corrected chi connectivity index (χ3v) is 4.74. The van der Waals surface area contributed by atoms with Crippen molar-refractivity contribution in [3.8, 4) is 5.75 Å². The van der Waals surface area contributed by atoms with E-state index in [1.165, 1.54) is 5.56 Å². The summed E-state index contributed by atoms with van der Waals surface area (Å²) in [6.45, 7) is 8.79. The number of hydrogen-bond donors (Lipinski definition) is 0. The molecule has 2 aromatic rings. The van der Waals surface area contributed by atoms with Gasteiger partial charge in [-0.1, -0.05) is 12.1 Å². The zero-order chi connectivity index (χ0) is 16.1. The van der Waals surface area contributed by atoms with Gasteiger partial charge in [-0.15, -0.1) is 0 Å². The molecule has 0 amide bonds. The van der Waals surface area contributed by atoms with Gasteiger partial charge in [-0.25, -0.2) is 0 Å². The highest BCUT2D eigenvalue weighted by atomic mass is 16.5. The van der Waals surface area contributed by atoms with Crippen LogP contribution in [0.15, 0.2) is 42.7 Å². The molecule has 1 atom stereocenters. The number of methoxy groups -OCH3 is 1. The van der Waals surface area contributed by atoms with Crippen molar-refractivity contribution in [3.63, 3.8) is 0 Å². The molecule has 0 N–H and O–H groups in total. The summed E-state index contributed by atoms with van der Waals surface area (Å²) >= 11 is 0. The number of piperazine rings is 1. The minimum atomic E-state index is 0.429. The van der Waals surface area contributed by atoms with Gasteiger partial charge in [0.1, 0.15) is 5.75 Å². The Morgan fingerprint density at radius 2 is 1.96 bits per heavy atom. The van der Waals surface area contributed by atoms with Crippen LogP contribution in [0.5, 0.6) is 5.75 Å². The van der Waals surface area contributed by atoms with Crippen LogP contribution in [0.3, 0.4) is 0 Å². The molecule has 2 heterocycles. The van der Waals surface area contributed by atoms with Crippen LogP contribution in [0.2, 0.25) is 0 Å². The van der Waals surface area contributed by atoms with E-state index in [1.807, 2.05) is 29.2 Å². The molecule has 0 spiro atoms. The maximum atomic E-state index is 5.34. The molecule has 5 nitrogen and oxygen atoms in total. The lowest BCUT2D eigenvalue weighted by Gasteiger charge is -2.38. The van der Waals surface area contributed by atoms with Crippen LogP contribution in [-0.4, -0.2) is 59.4 Å². The average Bonchev–Trinajstić information content (AvgIpc) is 3.13. The Hall–Kier alpha value is -1.85. The first kappa shape index (κ1) is 16.0. The molecular weight excluding hydrogens is 288 g/mol. The van der Waals surface area contributed by atoms with Crippen LogP contribution in [0.25, 0.3) is 0 Å². The van der Waals surface area contributed by atoms with E-state index in [0.29, 0.717) is 6.04 Å².